The van der Waals surface area contributed by atoms with Crippen molar-refractivity contribution in [2.75, 3.05) is 0 Å². The summed E-state index contributed by atoms with van der Waals surface area (Å²) in [6, 6.07) is -0.234. The first kappa shape index (κ1) is 13.7. The molecule has 1 fully saturated rings. The molecule has 1 saturated carbocycles. The molecule has 3 unspecified atom stereocenters. The van der Waals surface area contributed by atoms with Gasteiger partial charge in [0, 0.05) is 5.92 Å². The van der Waals surface area contributed by atoms with E-state index in [0.717, 1.165) is 19.3 Å². The van der Waals surface area contributed by atoms with Crippen LogP contribution in [-0.4, -0.2) is 11.8 Å². The van der Waals surface area contributed by atoms with E-state index in [1.165, 1.54) is 6.42 Å². The largest absolute Gasteiger partial charge is 0.321 e. The fourth-order valence-corrected chi connectivity index (χ4v) is 3.11. The number of rotatable bonds is 4. The molecule has 0 saturated heterocycles. The Bertz CT molecular complexity index is 227. The van der Waals surface area contributed by atoms with Gasteiger partial charge in [0.25, 0.3) is 0 Å². The molecule has 1 rings (SSSR count). The van der Waals surface area contributed by atoms with Crippen molar-refractivity contribution in [1.29, 1.82) is 0 Å². The molecule has 3 atom stereocenters. The molecule has 2 nitrogen and oxygen atoms in total. The third kappa shape index (κ3) is 3.89. The van der Waals surface area contributed by atoms with Crippen molar-refractivity contribution in [3.8, 4) is 0 Å². The van der Waals surface area contributed by atoms with E-state index in [1.807, 2.05) is 0 Å². The molecule has 0 aromatic rings. The van der Waals surface area contributed by atoms with Gasteiger partial charge in [0.2, 0.25) is 0 Å². The summed E-state index contributed by atoms with van der Waals surface area (Å²) in [6.45, 7) is 8.76. The first-order valence-corrected chi connectivity index (χ1v) is 6.69. The van der Waals surface area contributed by atoms with Crippen LogP contribution < -0.4 is 5.73 Å². The SMILES string of the molecule is CC(C)CC(N)C(=O)C1CC(C)CC(C)C1. The van der Waals surface area contributed by atoms with Crippen molar-refractivity contribution >= 4 is 5.78 Å². The summed E-state index contributed by atoms with van der Waals surface area (Å²) >= 11 is 0. The smallest absolute Gasteiger partial charge is 0.152 e. The summed E-state index contributed by atoms with van der Waals surface area (Å²) in [5, 5.41) is 0. The molecule has 1 aliphatic carbocycles. The van der Waals surface area contributed by atoms with Gasteiger partial charge in [-0.15, -0.1) is 0 Å². The highest BCUT2D eigenvalue weighted by Gasteiger charge is 2.31. The number of hydrogen-bond donors (Lipinski definition) is 1. The molecule has 2 heteroatoms. The highest BCUT2D eigenvalue weighted by molar-refractivity contribution is 5.86. The number of nitrogens with two attached hydrogens (primary N) is 1. The second kappa shape index (κ2) is 5.81. The number of ketones is 1. The second-order valence-electron chi connectivity index (χ2n) is 6.25. The zero-order chi connectivity index (χ0) is 12.3. The third-order valence-electron chi connectivity index (χ3n) is 3.67. The number of carbonyl (C=O) groups excluding carboxylic acids is 1. The Morgan fingerprint density at radius 2 is 1.69 bits per heavy atom. The average Bonchev–Trinajstić information content (AvgIpc) is 2.13. The Kier molecular flexibility index (Phi) is 4.97. The van der Waals surface area contributed by atoms with E-state index < -0.39 is 0 Å². The molecule has 0 aliphatic heterocycles. The highest BCUT2D eigenvalue weighted by atomic mass is 16.1. The average molecular weight is 225 g/mol. The lowest BCUT2D eigenvalue weighted by atomic mass is 9.73. The van der Waals surface area contributed by atoms with Gasteiger partial charge in [-0.1, -0.05) is 27.7 Å². The predicted octanol–water partition coefficient (Wildman–Crippen LogP) is 3.00. The molecule has 1 aliphatic rings. The van der Waals surface area contributed by atoms with Crippen LogP contribution in [0.5, 0.6) is 0 Å². The summed E-state index contributed by atoms with van der Waals surface area (Å²) in [4.78, 5) is 12.2. The van der Waals surface area contributed by atoms with Crippen molar-refractivity contribution in [3.63, 3.8) is 0 Å². The van der Waals surface area contributed by atoms with E-state index in [9.17, 15) is 4.79 Å². The van der Waals surface area contributed by atoms with E-state index in [4.69, 9.17) is 5.73 Å². The lowest BCUT2D eigenvalue weighted by Gasteiger charge is -2.32. The Labute approximate surface area is 100.0 Å². The molecular weight excluding hydrogens is 198 g/mol. The van der Waals surface area contributed by atoms with E-state index in [-0.39, 0.29) is 12.0 Å². The number of hydrogen-bond acceptors (Lipinski definition) is 2. The van der Waals surface area contributed by atoms with Crippen LogP contribution in [0.3, 0.4) is 0 Å². The van der Waals surface area contributed by atoms with Crippen molar-refractivity contribution in [2.24, 2.45) is 29.4 Å². The maximum Gasteiger partial charge on any atom is 0.152 e. The van der Waals surface area contributed by atoms with Crippen molar-refractivity contribution < 1.29 is 4.79 Å². The molecule has 0 amide bonds. The Hall–Kier alpha value is -0.370. The second-order valence-corrected chi connectivity index (χ2v) is 6.25. The van der Waals surface area contributed by atoms with Gasteiger partial charge in [0.05, 0.1) is 6.04 Å². The van der Waals surface area contributed by atoms with Gasteiger partial charge in [-0.25, -0.2) is 0 Å². The van der Waals surface area contributed by atoms with Gasteiger partial charge in [-0.2, -0.15) is 0 Å². The van der Waals surface area contributed by atoms with Gasteiger partial charge < -0.3 is 5.73 Å². The Morgan fingerprint density at radius 3 is 2.12 bits per heavy atom. The summed E-state index contributed by atoms with van der Waals surface area (Å²) in [5.41, 5.74) is 5.99. The zero-order valence-corrected chi connectivity index (χ0v) is 11.2. The number of carbonyl (C=O) groups is 1. The molecule has 0 radical (unpaired) electrons. The van der Waals surface area contributed by atoms with Gasteiger partial charge >= 0.3 is 0 Å². The third-order valence-corrected chi connectivity index (χ3v) is 3.67. The maximum atomic E-state index is 12.2. The van der Waals surface area contributed by atoms with Crippen molar-refractivity contribution in [2.45, 2.75) is 59.4 Å². The topological polar surface area (TPSA) is 43.1 Å². The van der Waals surface area contributed by atoms with E-state index >= 15 is 0 Å². The van der Waals surface area contributed by atoms with E-state index in [1.54, 1.807) is 0 Å². The molecular formula is C14H27NO. The van der Waals surface area contributed by atoms with Crippen LogP contribution >= 0.6 is 0 Å². The Morgan fingerprint density at radius 1 is 1.19 bits per heavy atom. The quantitative estimate of drug-likeness (QED) is 0.799. The standard InChI is InChI=1S/C14H27NO/c1-9(2)5-13(15)14(16)12-7-10(3)6-11(4)8-12/h9-13H,5-8,15H2,1-4H3. The van der Waals surface area contributed by atoms with Crippen LogP contribution in [0.25, 0.3) is 0 Å². The van der Waals surface area contributed by atoms with Crippen LogP contribution in [0, 0.1) is 23.7 Å². The van der Waals surface area contributed by atoms with E-state index in [2.05, 4.69) is 27.7 Å². The van der Waals surface area contributed by atoms with Gasteiger partial charge in [-0.3, -0.25) is 4.79 Å². The fraction of sp³-hybridized carbons (Fsp3) is 0.929. The van der Waals surface area contributed by atoms with Gasteiger partial charge in [0.1, 0.15) is 0 Å². The van der Waals surface area contributed by atoms with Crippen LogP contribution in [0.2, 0.25) is 0 Å². The van der Waals surface area contributed by atoms with Crippen LogP contribution in [-0.2, 0) is 4.79 Å². The summed E-state index contributed by atoms with van der Waals surface area (Å²) in [5.74, 6) is 2.42. The monoisotopic (exact) mass is 225 g/mol. The minimum absolute atomic E-state index is 0.229. The molecule has 16 heavy (non-hydrogen) atoms. The molecule has 2 N–H and O–H groups in total. The summed E-state index contributed by atoms with van der Waals surface area (Å²) < 4.78 is 0. The molecule has 0 heterocycles. The van der Waals surface area contributed by atoms with Crippen molar-refractivity contribution in [3.05, 3.63) is 0 Å². The molecule has 94 valence electrons. The minimum atomic E-state index is -0.234. The lowest BCUT2D eigenvalue weighted by Crippen LogP contribution is -2.39. The normalized spacial score (nSPS) is 32.8. The molecule has 0 bridgehead atoms. The minimum Gasteiger partial charge on any atom is -0.321 e. The lowest BCUT2D eigenvalue weighted by molar-refractivity contribution is -0.126. The molecule has 0 aromatic heterocycles. The van der Waals surface area contributed by atoms with Crippen LogP contribution in [0.4, 0.5) is 0 Å². The highest BCUT2D eigenvalue weighted by Crippen LogP contribution is 2.34. The van der Waals surface area contributed by atoms with Crippen molar-refractivity contribution in [1.82, 2.24) is 0 Å². The summed E-state index contributed by atoms with van der Waals surface area (Å²) in [6.07, 6.45) is 4.20. The molecule has 0 aromatic carbocycles. The van der Waals surface area contributed by atoms with Crippen LogP contribution in [0.1, 0.15) is 53.4 Å². The fourth-order valence-electron chi connectivity index (χ4n) is 3.11. The number of Topliss-reactive ketones (excluding diaryl/α,β-unsaturated/α-hetero) is 1. The van der Waals surface area contributed by atoms with Crippen LogP contribution in [0.15, 0.2) is 0 Å². The zero-order valence-electron chi connectivity index (χ0n) is 11.2. The first-order valence-electron chi connectivity index (χ1n) is 6.69. The van der Waals surface area contributed by atoms with Gasteiger partial charge in [-0.05, 0) is 43.4 Å². The summed E-state index contributed by atoms with van der Waals surface area (Å²) in [7, 11) is 0. The molecule has 0 spiro atoms. The van der Waals surface area contributed by atoms with Gasteiger partial charge in [0.15, 0.2) is 5.78 Å². The maximum absolute atomic E-state index is 12.2. The van der Waals surface area contributed by atoms with E-state index in [0.29, 0.717) is 23.5 Å². The first-order chi connectivity index (χ1) is 7.40. The Balaban J connectivity index is 2.52. The predicted molar refractivity (Wildman–Crippen MR) is 68.1 cm³/mol.